The molecular formula is C12H17FN4O2. The first-order valence-corrected chi connectivity index (χ1v) is 5.63. The van der Waals surface area contributed by atoms with Crippen molar-refractivity contribution in [2.75, 3.05) is 11.9 Å². The van der Waals surface area contributed by atoms with Gasteiger partial charge in [0.25, 0.3) is 0 Å². The third-order valence-electron chi connectivity index (χ3n) is 2.57. The number of nitrogens with one attached hydrogen (secondary N) is 2. The number of carbonyl (C=O) groups is 1. The Bertz CT molecular complexity index is 488. The van der Waals surface area contributed by atoms with Crippen LogP contribution in [-0.4, -0.2) is 23.6 Å². The Labute approximate surface area is 110 Å². The summed E-state index contributed by atoms with van der Waals surface area (Å²) in [5.74, 6) is -0.423. The molecule has 2 amide bonds. The molecule has 0 heterocycles. The molecule has 0 unspecified atom stereocenters. The summed E-state index contributed by atoms with van der Waals surface area (Å²) in [6.45, 7) is 3.60. The third kappa shape index (κ3) is 4.46. The van der Waals surface area contributed by atoms with Gasteiger partial charge in [-0.1, -0.05) is 25.1 Å². The fraction of sp³-hybridized carbons (Fsp3) is 0.333. The zero-order valence-electron chi connectivity index (χ0n) is 10.8. The van der Waals surface area contributed by atoms with Crippen LogP contribution in [0.5, 0.6) is 0 Å². The van der Waals surface area contributed by atoms with Crippen LogP contribution in [0.25, 0.3) is 0 Å². The van der Waals surface area contributed by atoms with E-state index < -0.39 is 17.3 Å². The first-order valence-electron chi connectivity index (χ1n) is 5.63. The molecule has 0 aromatic heterocycles. The normalized spacial score (nSPS) is 12.1. The van der Waals surface area contributed by atoms with Crippen LogP contribution in [-0.2, 0) is 0 Å². The zero-order valence-corrected chi connectivity index (χ0v) is 10.8. The Balaban J connectivity index is 2.53. The fourth-order valence-corrected chi connectivity index (χ4v) is 1.27. The molecule has 19 heavy (non-hydrogen) atoms. The van der Waals surface area contributed by atoms with Crippen LogP contribution in [0.15, 0.2) is 29.4 Å². The number of anilines is 1. The lowest BCUT2D eigenvalue weighted by molar-refractivity contribution is 0.248. The Morgan fingerprint density at radius 3 is 2.79 bits per heavy atom. The van der Waals surface area contributed by atoms with Gasteiger partial charge < -0.3 is 21.6 Å². The van der Waals surface area contributed by atoms with Crippen LogP contribution in [0.4, 0.5) is 14.9 Å². The number of hydrogen-bond donors (Lipinski definition) is 4. The first kappa shape index (κ1) is 14.7. The van der Waals surface area contributed by atoms with E-state index in [0.29, 0.717) is 5.69 Å². The molecule has 104 valence electrons. The monoisotopic (exact) mass is 268 g/mol. The van der Waals surface area contributed by atoms with E-state index >= 15 is 0 Å². The van der Waals surface area contributed by atoms with Crippen molar-refractivity contribution in [1.29, 1.82) is 0 Å². The van der Waals surface area contributed by atoms with Crippen LogP contribution < -0.4 is 16.4 Å². The van der Waals surface area contributed by atoms with E-state index in [1.54, 1.807) is 19.9 Å². The van der Waals surface area contributed by atoms with E-state index in [-0.39, 0.29) is 12.4 Å². The van der Waals surface area contributed by atoms with Gasteiger partial charge >= 0.3 is 6.03 Å². The maximum absolute atomic E-state index is 12.9. The molecule has 0 aliphatic heterocycles. The minimum Gasteiger partial charge on any atom is -0.409 e. The number of amidine groups is 1. The van der Waals surface area contributed by atoms with Gasteiger partial charge in [0.1, 0.15) is 11.7 Å². The molecule has 0 saturated carbocycles. The lowest BCUT2D eigenvalue weighted by atomic mass is 9.92. The standard InChI is InChI=1S/C12H17FN4O2/c1-12(2,10(14)17-19)7-15-11(18)16-9-5-3-4-8(13)6-9/h3-6,19H,7H2,1-2H3,(H2,14,17)(H2,15,16,18). The van der Waals surface area contributed by atoms with Gasteiger partial charge in [-0.2, -0.15) is 0 Å². The summed E-state index contributed by atoms with van der Waals surface area (Å²) in [6.07, 6.45) is 0. The molecule has 0 spiro atoms. The summed E-state index contributed by atoms with van der Waals surface area (Å²) < 4.78 is 12.9. The highest BCUT2D eigenvalue weighted by molar-refractivity contribution is 5.90. The van der Waals surface area contributed by atoms with E-state index in [1.165, 1.54) is 18.2 Å². The molecule has 0 aliphatic rings. The number of nitrogens with two attached hydrogens (primary N) is 1. The van der Waals surface area contributed by atoms with E-state index in [0.717, 1.165) is 0 Å². The molecule has 0 fully saturated rings. The van der Waals surface area contributed by atoms with Crippen LogP contribution in [0, 0.1) is 11.2 Å². The second-order valence-electron chi connectivity index (χ2n) is 4.69. The Morgan fingerprint density at radius 2 is 2.21 bits per heavy atom. The molecule has 0 bridgehead atoms. The Kier molecular flexibility index (Phi) is 4.68. The summed E-state index contributed by atoms with van der Waals surface area (Å²) in [5.41, 5.74) is 5.15. The second kappa shape index (κ2) is 6.03. The molecule has 0 aliphatic carbocycles. The second-order valence-corrected chi connectivity index (χ2v) is 4.69. The molecule has 1 rings (SSSR count). The highest BCUT2D eigenvalue weighted by Crippen LogP contribution is 2.13. The van der Waals surface area contributed by atoms with Gasteiger partial charge in [-0.15, -0.1) is 0 Å². The minimum atomic E-state index is -0.686. The molecule has 6 nitrogen and oxygen atoms in total. The number of hydrogen-bond acceptors (Lipinski definition) is 3. The molecule has 7 heteroatoms. The maximum atomic E-state index is 12.9. The molecule has 0 saturated heterocycles. The van der Waals surface area contributed by atoms with Gasteiger partial charge in [0.2, 0.25) is 0 Å². The average Bonchev–Trinajstić information content (AvgIpc) is 2.35. The number of rotatable bonds is 4. The number of oxime groups is 1. The number of nitrogens with zero attached hydrogens (tertiary/aromatic N) is 1. The SMILES string of the molecule is CC(C)(CNC(=O)Nc1cccc(F)c1)/C(N)=N/O. The molecule has 0 radical (unpaired) electrons. The smallest absolute Gasteiger partial charge is 0.319 e. The zero-order chi connectivity index (χ0) is 14.5. The van der Waals surface area contributed by atoms with Crippen molar-refractivity contribution in [3.8, 4) is 0 Å². The van der Waals surface area contributed by atoms with Gasteiger partial charge in [-0.3, -0.25) is 0 Å². The fourth-order valence-electron chi connectivity index (χ4n) is 1.27. The summed E-state index contributed by atoms with van der Waals surface area (Å²) in [6, 6.07) is 5.05. The molecule has 5 N–H and O–H groups in total. The molecule has 1 aromatic rings. The van der Waals surface area contributed by atoms with Crippen molar-refractivity contribution in [3.63, 3.8) is 0 Å². The van der Waals surface area contributed by atoms with Gasteiger partial charge in [-0.25, -0.2) is 9.18 Å². The molecular weight excluding hydrogens is 251 g/mol. The van der Waals surface area contributed by atoms with Crippen LogP contribution >= 0.6 is 0 Å². The van der Waals surface area contributed by atoms with E-state index in [9.17, 15) is 9.18 Å². The molecule has 0 atom stereocenters. The number of urea groups is 1. The number of halogens is 1. The number of benzene rings is 1. The quantitative estimate of drug-likeness (QED) is 0.289. The Morgan fingerprint density at radius 1 is 1.53 bits per heavy atom. The third-order valence-corrected chi connectivity index (χ3v) is 2.57. The van der Waals surface area contributed by atoms with E-state index in [1.807, 2.05) is 0 Å². The summed E-state index contributed by atoms with van der Waals surface area (Å²) >= 11 is 0. The topological polar surface area (TPSA) is 99.7 Å². The lowest BCUT2D eigenvalue weighted by Gasteiger charge is -2.23. The lowest BCUT2D eigenvalue weighted by Crippen LogP contribution is -2.43. The summed E-state index contributed by atoms with van der Waals surface area (Å²) in [4.78, 5) is 11.6. The largest absolute Gasteiger partial charge is 0.409 e. The Hall–Kier alpha value is -2.31. The van der Waals surface area contributed by atoms with Gasteiger partial charge in [0.05, 0.1) is 0 Å². The summed E-state index contributed by atoms with van der Waals surface area (Å²) in [5, 5.41) is 16.5. The first-order chi connectivity index (χ1) is 8.85. The van der Waals surface area contributed by atoms with Crippen molar-refractivity contribution < 1.29 is 14.4 Å². The van der Waals surface area contributed by atoms with Gasteiger partial charge in [0.15, 0.2) is 0 Å². The number of carbonyl (C=O) groups excluding carboxylic acids is 1. The van der Waals surface area contributed by atoms with Crippen LogP contribution in [0.1, 0.15) is 13.8 Å². The molecule has 1 aromatic carbocycles. The predicted octanol–water partition coefficient (Wildman–Crippen LogP) is 1.72. The minimum absolute atomic E-state index is 0.0126. The van der Waals surface area contributed by atoms with Crippen molar-refractivity contribution in [2.24, 2.45) is 16.3 Å². The highest BCUT2D eigenvalue weighted by atomic mass is 19.1. The van der Waals surface area contributed by atoms with Crippen LogP contribution in [0.3, 0.4) is 0 Å². The highest BCUT2D eigenvalue weighted by Gasteiger charge is 2.24. The van der Waals surface area contributed by atoms with Crippen molar-refractivity contribution in [1.82, 2.24) is 5.32 Å². The van der Waals surface area contributed by atoms with E-state index in [2.05, 4.69) is 15.8 Å². The van der Waals surface area contributed by atoms with Gasteiger partial charge in [0, 0.05) is 17.6 Å². The van der Waals surface area contributed by atoms with Gasteiger partial charge in [-0.05, 0) is 18.2 Å². The summed E-state index contributed by atoms with van der Waals surface area (Å²) in [7, 11) is 0. The maximum Gasteiger partial charge on any atom is 0.319 e. The van der Waals surface area contributed by atoms with Crippen molar-refractivity contribution in [3.05, 3.63) is 30.1 Å². The van der Waals surface area contributed by atoms with E-state index in [4.69, 9.17) is 10.9 Å². The van der Waals surface area contributed by atoms with Crippen molar-refractivity contribution in [2.45, 2.75) is 13.8 Å². The predicted molar refractivity (Wildman–Crippen MR) is 70.6 cm³/mol. The van der Waals surface area contributed by atoms with Crippen molar-refractivity contribution >= 4 is 17.6 Å². The van der Waals surface area contributed by atoms with Crippen LogP contribution in [0.2, 0.25) is 0 Å². The average molecular weight is 268 g/mol. The number of amides is 2.